The molecule has 154 valence electrons. The predicted molar refractivity (Wildman–Crippen MR) is 93.7 cm³/mol. The van der Waals surface area contributed by atoms with Crippen molar-refractivity contribution in [1.82, 2.24) is 0 Å². The number of nitrogens with zero attached hydrogens (tertiary/aromatic N) is 1. The fourth-order valence-electron chi connectivity index (χ4n) is 2.86. The highest BCUT2D eigenvalue weighted by atomic mass is 16.6. The van der Waals surface area contributed by atoms with Crippen molar-refractivity contribution in [1.29, 1.82) is 0 Å². The molecule has 1 fully saturated rings. The van der Waals surface area contributed by atoms with E-state index < -0.39 is 59.3 Å². The van der Waals surface area contributed by atoms with Gasteiger partial charge in [0.2, 0.25) is 5.75 Å². The van der Waals surface area contributed by atoms with Crippen molar-refractivity contribution in [2.75, 3.05) is 13.7 Å². The summed E-state index contributed by atoms with van der Waals surface area (Å²) in [5.74, 6) is -1.34. The highest BCUT2D eigenvalue weighted by molar-refractivity contribution is 5.94. The van der Waals surface area contributed by atoms with E-state index >= 15 is 0 Å². The second kappa shape index (κ2) is 9.08. The van der Waals surface area contributed by atoms with Crippen LogP contribution in [-0.2, 0) is 9.53 Å². The Bertz CT molecular complexity index is 763. The van der Waals surface area contributed by atoms with E-state index in [0.29, 0.717) is 0 Å². The quantitative estimate of drug-likeness (QED) is 0.219. The molecular formula is C17H21NO10. The molecule has 1 heterocycles. The number of methoxy groups -OCH3 is 1. The number of carbonyl (C=O) groups excluding carboxylic acids is 1. The average molecular weight is 399 g/mol. The minimum absolute atomic E-state index is 0.159. The number of phenols is 1. The first-order valence-electron chi connectivity index (χ1n) is 8.26. The van der Waals surface area contributed by atoms with Gasteiger partial charge in [-0.25, -0.2) is 0 Å². The molecule has 1 aromatic rings. The molecule has 0 radical (unpaired) electrons. The molecular weight excluding hydrogens is 378 g/mol. The summed E-state index contributed by atoms with van der Waals surface area (Å²) in [6, 6.07) is 2.28. The van der Waals surface area contributed by atoms with E-state index in [4.69, 9.17) is 14.6 Å². The zero-order chi connectivity index (χ0) is 21.0. The predicted octanol–water partition coefficient (Wildman–Crippen LogP) is -0.876. The van der Waals surface area contributed by atoms with Gasteiger partial charge in [-0.1, -0.05) is 6.08 Å². The molecule has 11 heteroatoms. The molecule has 1 aliphatic heterocycles. The van der Waals surface area contributed by atoms with E-state index in [1.807, 2.05) is 0 Å². The first-order valence-corrected chi connectivity index (χ1v) is 8.26. The van der Waals surface area contributed by atoms with Crippen molar-refractivity contribution in [3.05, 3.63) is 33.9 Å². The van der Waals surface area contributed by atoms with Gasteiger partial charge in [-0.3, -0.25) is 14.9 Å². The Morgan fingerprint density at radius 3 is 2.46 bits per heavy atom. The molecule has 0 saturated carbocycles. The number of hydrogen-bond donors (Lipinski definition) is 5. The molecule has 0 aromatic heterocycles. The lowest BCUT2D eigenvalue weighted by atomic mass is 9.92. The summed E-state index contributed by atoms with van der Waals surface area (Å²) in [7, 11) is 1.17. The van der Waals surface area contributed by atoms with E-state index in [1.54, 1.807) is 0 Å². The van der Waals surface area contributed by atoms with Crippen molar-refractivity contribution >= 4 is 17.5 Å². The second-order valence-corrected chi connectivity index (χ2v) is 6.22. The van der Waals surface area contributed by atoms with E-state index in [-0.39, 0.29) is 17.7 Å². The minimum atomic E-state index is -1.59. The Balaban J connectivity index is 2.12. The van der Waals surface area contributed by atoms with Crippen molar-refractivity contribution in [3.63, 3.8) is 0 Å². The number of nitro groups is 1. The van der Waals surface area contributed by atoms with Gasteiger partial charge in [0.15, 0.2) is 11.5 Å². The third kappa shape index (κ3) is 4.64. The molecule has 5 atom stereocenters. The summed E-state index contributed by atoms with van der Waals surface area (Å²) in [5, 5.41) is 59.4. The number of carbonyl (C=O) groups is 1. The second-order valence-electron chi connectivity index (χ2n) is 6.22. The van der Waals surface area contributed by atoms with E-state index in [0.717, 1.165) is 12.1 Å². The molecule has 0 aliphatic carbocycles. The summed E-state index contributed by atoms with van der Waals surface area (Å²) >= 11 is 0. The van der Waals surface area contributed by atoms with Crippen LogP contribution < -0.4 is 4.74 Å². The van der Waals surface area contributed by atoms with Crippen molar-refractivity contribution in [2.45, 2.75) is 36.9 Å². The average Bonchev–Trinajstić information content (AvgIpc) is 2.66. The van der Waals surface area contributed by atoms with Crippen LogP contribution in [0.15, 0.2) is 18.2 Å². The van der Waals surface area contributed by atoms with Crippen LogP contribution in [0.4, 0.5) is 5.69 Å². The molecule has 1 aliphatic rings. The molecule has 28 heavy (non-hydrogen) atoms. The largest absolute Gasteiger partial charge is 0.504 e. The summed E-state index contributed by atoms with van der Waals surface area (Å²) in [6.07, 6.45) is -5.03. The monoisotopic (exact) mass is 399 g/mol. The zero-order valence-electron chi connectivity index (χ0n) is 14.8. The third-order valence-corrected chi connectivity index (χ3v) is 4.33. The van der Waals surface area contributed by atoms with E-state index in [2.05, 4.69) is 0 Å². The molecule has 0 amide bonds. The van der Waals surface area contributed by atoms with Crippen molar-refractivity contribution in [3.8, 4) is 11.5 Å². The number of ketones is 1. The van der Waals surface area contributed by atoms with Crippen LogP contribution in [0.25, 0.3) is 6.08 Å². The van der Waals surface area contributed by atoms with Gasteiger partial charge in [0, 0.05) is 12.5 Å². The molecule has 1 aromatic carbocycles. The standard InChI is InChI=1S/C17H21NO10/c1-27-17-10(18(25)26)4-8(5-11(17)21)2-3-9(20)6-12-14(22)16(24)15(23)13(7-19)28-12/h2-5,12-16,19,21-24H,6-7H2,1H3/b3-2+/t12-,13+,14-,15-,16+/m0/s1. The van der Waals surface area contributed by atoms with Gasteiger partial charge >= 0.3 is 5.69 Å². The van der Waals surface area contributed by atoms with Gasteiger partial charge in [0.1, 0.15) is 24.4 Å². The van der Waals surface area contributed by atoms with Gasteiger partial charge < -0.3 is 35.0 Å². The van der Waals surface area contributed by atoms with Gasteiger partial charge in [0.25, 0.3) is 0 Å². The molecule has 1 saturated heterocycles. The first kappa shape index (κ1) is 21.7. The topological polar surface area (TPSA) is 180 Å². The van der Waals surface area contributed by atoms with Gasteiger partial charge in [-0.05, 0) is 17.7 Å². The lowest BCUT2D eigenvalue weighted by Crippen LogP contribution is -2.58. The number of aliphatic hydroxyl groups is 4. The van der Waals surface area contributed by atoms with E-state index in [9.17, 15) is 35.3 Å². The summed E-state index contributed by atoms with van der Waals surface area (Å²) in [4.78, 5) is 22.4. The number of aliphatic hydroxyl groups excluding tert-OH is 4. The molecule has 0 spiro atoms. The van der Waals surface area contributed by atoms with Gasteiger partial charge in [0.05, 0.1) is 24.7 Å². The lowest BCUT2D eigenvalue weighted by Gasteiger charge is -2.39. The Labute approximate surface area is 159 Å². The highest BCUT2D eigenvalue weighted by Gasteiger charge is 2.43. The maximum atomic E-state index is 12.1. The van der Waals surface area contributed by atoms with Crippen molar-refractivity contribution in [2.24, 2.45) is 0 Å². The fraction of sp³-hybridized carbons (Fsp3) is 0.471. The highest BCUT2D eigenvalue weighted by Crippen LogP contribution is 2.37. The summed E-state index contributed by atoms with van der Waals surface area (Å²) in [5.41, 5.74) is -0.323. The maximum absolute atomic E-state index is 12.1. The van der Waals surface area contributed by atoms with Crippen LogP contribution in [0.1, 0.15) is 12.0 Å². The molecule has 0 unspecified atom stereocenters. The normalized spacial score (nSPS) is 27.7. The van der Waals surface area contributed by atoms with Crippen LogP contribution in [0.2, 0.25) is 0 Å². The smallest absolute Gasteiger partial charge is 0.315 e. The van der Waals surface area contributed by atoms with Gasteiger partial charge in [-0.2, -0.15) is 0 Å². The molecule has 5 N–H and O–H groups in total. The lowest BCUT2D eigenvalue weighted by molar-refractivity contribution is -0.385. The minimum Gasteiger partial charge on any atom is -0.504 e. The Morgan fingerprint density at radius 2 is 1.89 bits per heavy atom. The Hall–Kier alpha value is -2.57. The van der Waals surface area contributed by atoms with Crippen LogP contribution in [0, 0.1) is 10.1 Å². The molecule has 11 nitrogen and oxygen atoms in total. The Morgan fingerprint density at radius 1 is 1.25 bits per heavy atom. The van der Waals surface area contributed by atoms with Crippen LogP contribution in [0.5, 0.6) is 11.5 Å². The van der Waals surface area contributed by atoms with Crippen LogP contribution in [-0.4, -0.2) is 80.5 Å². The van der Waals surface area contributed by atoms with Crippen molar-refractivity contribution < 1.29 is 44.7 Å². The van der Waals surface area contributed by atoms with Crippen LogP contribution >= 0.6 is 0 Å². The third-order valence-electron chi connectivity index (χ3n) is 4.33. The zero-order valence-corrected chi connectivity index (χ0v) is 14.8. The van der Waals surface area contributed by atoms with Crippen LogP contribution in [0.3, 0.4) is 0 Å². The summed E-state index contributed by atoms with van der Waals surface area (Å²) in [6.45, 7) is -0.611. The van der Waals surface area contributed by atoms with E-state index in [1.165, 1.54) is 19.3 Å². The summed E-state index contributed by atoms with van der Waals surface area (Å²) < 4.78 is 10.0. The number of rotatable bonds is 7. The number of aromatic hydroxyl groups is 1. The first-order chi connectivity index (χ1) is 13.2. The Kier molecular flexibility index (Phi) is 7.05. The number of allylic oxidation sites excluding steroid dienone is 1. The SMILES string of the molecule is COc1c(O)cc(/C=C/C(=O)C[C@@H]2O[C@H](CO)[C@H](O)[C@H](O)[C@H]2O)cc1[N+](=O)[O-]. The molecule has 2 rings (SSSR count). The number of phenolic OH excluding ortho intramolecular Hbond substituents is 1. The number of hydrogen-bond acceptors (Lipinski definition) is 10. The number of nitro benzene ring substituents is 1. The fourth-order valence-corrected chi connectivity index (χ4v) is 2.86. The molecule has 0 bridgehead atoms. The number of benzene rings is 1. The number of ether oxygens (including phenoxy) is 2. The van der Waals surface area contributed by atoms with Gasteiger partial charge in [-0.15, -0.1) is 0 Å². The maximum Gasteiger partial charge on any atom is 0.315 e.